The molecule has 0 radical (unpaired) electrons. The van der Waals surface area contributed by atoms with Crippen molar-refractivity contribution in [2.24, 2.45) is 10.8 Å². The summed E-state index contributed by atoms with van der Waals surface area (Å²) in [6, 6.07) is 3.86. The van der Waals surface area contributed by atoms with Crippen LogP contribution in [-0.4, -0.2) is 60.9 Å². The first-order chi connectivity index (χ1) is 16.7. The average molecular weight is 495 g/mol. The van der Waals surface area contributed by atoms with Crippen LogP contribution in [0, 0.1) is 22.2 Å². The maximum atomic E-state index is 13.6. The number of nitriles is 1. The van der Waals surface area contributed by atoms with Gasteiger partial charge in [0.1, 0.15) is 17.3 Å². The molecule has 10 nitrogen and oxygen atoms in total. The molecule has 192 valence electrons. The molecule has 2 fully saturated rings. The van der Waals surface area contributed by atoms with E-state index in [9.17, 15) is 19.6 Å². The number of fused-ring (bicyclic) bond motifs is 1. The minimum absolute atomic E-state index is 0.0753. The Labute approximate surface area is 211 Å². The summed E-state index contributed by atoms with van der Waals surface area (Å²) < 4.78 is 7.45. The molecule has 2 aliphatic rings. The van der Waals surface area contributed by atoms with Gasteiger partial charge in [-0.05, 0) is 45.1 Å². The SMILES string of the molecule is CC(C)(C)Cn1c(CN2C(=O)CC3(CCN(C(=O)OC(C)(C)C)CC3)C2=O)cc2cnc(C#N)nc21. The van der Waals surface area contributed by atoms with Gasteiger partial charge in [-0.15, -0.1) is 0 Å². The van der Waals surface area contributed by atoms with E-state index in [1.807, 2.05) is 37.5 Å². The van der Waals surface area contributed by atoms with Crippen LogP contribution in [0.4, 0.5) is 4.79 Å². The lowest BCUT2D eigenvalue weighted by Crippen LogP contribution is -2.47. The molecular weight excluding hydrogens is 460 g/mol. The van der Waals surface area contributed by atoms with Gasteiger partial charge >= 0.3 is 6.09 Å². The summed E-state index contributed by atoms with van der Waals surface area (Å²) in [4.78, 5) is 50.6. The van der Waals surface area contributed by atoms with Gasteiger partial charge in [0.05, 0.1) is 12.0 Å². The van der Waals surface area contributed by atoms with Crippen molar-refractivity contribution in [2.45, 2.75) is 79.5 Å². The topological polar surface area (TPSA) is 121 Å². The zero-order valence-electron chi connectivity index (χ0n) is 21.9. The maximum Gasteiger partial charge on any atom is 0.410 e. The van der Waals surface area contributed by atoms with E-state index < -0.39 is 17.1 Å². The Morgan fingerprint density at radius 1 is 1.17 bits per heavy atom. The molecule has 1 spiro atoms. The molecule has 4 rings (SSSR count). The zero-order valence-corrected chi connectivity index (χ0v) is 21.9. The van der Waals surface area contributed by atoms with Gasteiger partial charge in [-0.3, -0.25) is 14.5 Å². The predicted octanol–water partition coefficient (Wildman–Crippen LogP) is 3.63. The van der Waals surface area contributed by atoms with Crippen molar-refractivity contribution in [3.05, 3.63) is 23.8 Å². The molecule has 3 amide bonds. The van der Waals surface area contributed by atoms with Gasteiger partial charge in [0.25, 0.3) is 0 Å². The van der Waals surface area contributed by atoms with Gasteiger partial charge in [-0.25, -0.2) is 14.8 Å². The molecule has 0 bridgehead atoms. The van der Waals surface area contributed by atoms with E-state index in [0.29, 0.717) is 38.1 Å². The van der Waals surface area contributed by atoms with E-state index in [2.05, 4.69) is 30.7 Å². The van der Waals surface area contributed by atoms with E-state index in [-0.39, 0.29) is 36.0 Å². The summed E-state index contributed by atoms with van der Waals surface area (Å²) in [6.07, 6.45) is 2.21. The monoisotopic (exact) mass is 494 g/mol. The van der Waals surface area contributed by atoms with Crippen LogP contribution < -0.4 is 0 Å². The Hall–Kier alpha value is -3.48. The van der Waals surface area contributed by atoms with Crippen LogP contribution in [0.5, 0.6) is 0 Å². The number of hydrogen-bond acceptors (Lipinski definition) is 7. The first-order valence-electron chi connectivity index (χ1n) is 12.3. The van der Waals surface area contributed by atoms with Crippen molar-refractivity contribution in [1.82, 2.24) is 24.3 Å². The predicted molar refractivity (Wildman–Crippen MR) is 131 cm³/mol. The standard InChI is InChI=1S/C26H34N6O4/c1-24(2,3)16-32-18(11-17-14-28-19(13-27)29-21(17)32)15-31-20(33)12-26(22(31)34)7-9-30(10-8-26)23(35)36-25(4,5)6/h11,14H,7-10,12,15-16H2,1-6H3. The van der Waals surface area contributed by atoms with Crippen LogP contribution >= 0.6 is 0 Å². The third-order valence-electron chi connectivity index (χ3n) is 6.63. The summed E-state index contributed by atoms with van der Waals surface area (Å²) in [7, 11) is 0. The average Bonchev–Trinajstić information content (AvgIpc) is 3.21. The van der Waals surface area contributed by atoms with E-state index in [0.717, 1.165) is 11.1 Å². The van der Waals surface area contributed by atoms with Crippen LogP contribution in [0.15, 0.2) is 12.3 Å². The van der Waals surface area contributed by atoms with E-state index in [1.54, 1.807) is 11.1 Å². The molecular formula is C26H34N6O4. The first-order valence-corrected chi connectivity index (χ1v) is 12.3. The summed E-state index contributed by atoms with van der Waals surface area (Å²) >= 11 is 0. The number of aromatic nitrogens is 3. The van der Waals surface area contributed by atoms with Crippen molar-refractivity contribution in [3.8, 4) is 6.07 Å². The fourth-order valence-electron chi connectivity index (χ4n) is 4.95. The second-order valence-corrected chi connectivity index (χ2v) is 12.1. The molecule has 2 aliphatic heterocycles. The number of hydrogen-bond donors (Lipinski definition) is 0. The number of carbonyl (C=O) groups excluding carboxylic acids is 3. The quantitative estimate of drug-likeness (QED) is 0.597. The second-order valence-electron chi connectivity index (χ2n) is 12.1. The van der Waals surface area contributed by atoms with Gasteiger partial charge in [0, 0.05) is 43.3 Å². The highest BCUT2D eigenvalue weighted by atomic mass is 16.6. The number of piperidine rings is 1. The minimum atomic E-state index is -0.787. The Morgan fingerprint density at radius 2 is 1.83 bits per heavy atom. The summed E-state index contributed by atoms with van der Waals surface area (Å²) in [5, 5.41) is 10.0. The lowest BCUT2D eigenvalue weighted by atomic mass is 9.77. The summed E-state index contributed by atoms with van der Waals surface area (Å²) in [5.74, 6) is -0.318. The number of ether oxygens (including phenoxy) is 1. The van der Waals surface area contributed by atoms with Crippen LogP contribution in [0.1, 0.15) is 72.3 Å². The largest absolute Gasteiger partial charge is 0.444 e. The normalized spacial score (nSPS) is 18.2. The molecule has 2 aromatic rings. The van der Waals surface area contributed by atoms with E-state index in [1.165, 1.54) is 4.90 Å². The molecule has 0 saturated carbocycles. The maximum absolute atomic E-state index is 13.6. The molecule has 10 heteroatoms. The molecule has 4 heterocycles. The fraction of sp³-hybridized carbons (Fsp3) is 0.615. The Bertz CT molecular complexity index is 1250. The molecule has 2 saturated heterocycles. The number of amides is 3. The molecule has 0 atom stereocenters. The van der Waals surface area contributed by atoms with Crippen LogP contribution in [-0.2, 0) is 27.4 Å². The van der Waals surface area contributed by atoms with Crippen molar-refractivity contribution in [2.75, 3.05) is 13.1 Å². The third-order valence-corrected chi connectivity index (χ3v) is 6.63. The molecule has 0 N–H and O–H groups in total. The lowest BCUT2D eigenvalue weighted by Gasteiger charge is -2.37. The lowest BCUT2D eigenvalue weighted by molar-refractivity contribution is -0.143. The fourth-order valence-corrected chi connectivity index (χ4v) is 4.95. The zero-order chi connectivity index (χ0) is 26.5. The van der Waals surface area contributed by atoms with Crippen molar-refractivity contribution >= 4 is 28.9 Å². The molecule has 0 aromatic carbocycles. The summed E-state index contributed by atoms with van der Waals surface area (Å²) in [6.45, 7) is 13.2. The first kappa shape index (κ1) is 25.6. The van der Waals surface area contributed by atoms with E-state index >= 15 is 0 Å². The highest BCUT2D eigenvalue weighted by Crippen LogP contribution is 2.43. The van der Waals surface area contributed by atoms with Crippen molar-refractivity contribution in [3.63, 3.8) is 0 Å². The summed E-state index contributed by atoms with van der Waals surface area (Å²) in [5.41, 5.74) is -0.0936. The molecule has 0 unspecified atom stereocenters. The van der Waals surface area contributed by atoms with Crippen LogP contribution in [0.2, 0.25) is 0 Å². The Kier molecular flexibility index (Phi) is 6.31. The third kappa shape index (κ3) is 5.06. The highest BCUT2D eigenvalue weighted by Gasteiger charge is 2.53. The molecule has 2 aromatic heterocycles. The van der Waals surface area contributed by atoms with E-state index in [4.69, 9.17) is 4.74 Å². The Balaban J connectivity index is 1.56. The van der Waals surface area contributed by atoms with Crippen molar-refractivity contribution < 1.29 is 19.1 Å². The van der Waals surface area contributed by atoms with Gasteiger partial charge < -0.3 is 14.2 Å². The molecule has 0 aliphatic carbocycles. The number of rotatable bonds is 3. The smallest absolute Gasteiger partial charge is 0.410 e. The van der Waals surface area contributed by atoms with Crippen LogP contribution in [0.25, 0.3) is 11.0 Å². The van der Waals surface area contributed by atoms with Gasteiger partial charge in [-0.2, -0.15) is 5.26 Å². The number of nitrogens with zero attached hydrogens (tertiary/aromatic N) is 6. The number of carbonyl (C=O) groups is 3. The van der Waals surface area contributed by atoms with Crippen LogP contribution in [0.3, 0.4) is 0 Å². The molecule has 36 heavy (non-hydrogen) atoms. The van der Waals surface area contributed by atoms with Gasteiger partial charge in [0.15, 0.2) is 0 Å². The number of imide groups is 1. The van der Waals surface area contributed by atoms with Gasteiger partial charge in [-0.1, -0.05) is 20.8 Å². The highest BCUT2D eigenvalue weighted by molar-refractivity contribution is 6.06. The minimum Gasteiger partial charge on any atom is -0.444 e. The van der Waals surface area contributed by atoms with Crippen molar-refractivity contribution in [1.29, 1.82) is 5.26 Å². The Morgan fingerprint density at radius 3 is 2.42 bits per heavy atom. The second kappa shape index (κ2) is 8.87. The van der Waals surface area contributed by atoms with Gasteiger partial charge in [0.2, 0.25) is 17.6 Å². The number of likely N-dealkylation sites (tertiary alicyclic amines) is 2.